The quantitative estimate of drug-likeness (QED) is 0.148. The third-order valence-corrected chi connectivity index (χ3v) is 6.05. The number of methoxy groups -OCH3 is 1. The number of aromatic hydroxyl groups is 1. The predicted octanol–water partition coefficient (Wildman–Crippen LogP) is -3.50. The third kappa shape index (κ3) is 6.41. The smallest absolute Gasteiger partial charge is 0.305 e. The fourth-order valence-corrected chi connectivity index (χ4v) is 3.84. The Bertz CT molecular complexity index is 865. The molecule has 0 amide bonds. The van der Waals surface area contributed by atoms with Gasteiger partial charge in [0, 0.05) is 6.42 Å². The minimum atomic E-state index is -1.74. The van der Waals surface area contributed by atoms with Gasteiger partial charge >= 0.3 is 5.97 Å². The van der Waals surface area contributed by atoms with Crippen molar-refractivity contribution in [2.45, 2.75) is 74.3 Å². The number of aryl methyl sites for hydroxylation is 1. The van der Waals surface area contributed by atoms with Crippen LogP contribution in [0.4, 0.5) is 0 Å². The van der Waals surface area contributed by atoms with E-state index in [0.29, 0.717) is 12.0 Å². The van der Waals surface area contributed by atoms with Gasteiger partial charge in [-0.1, -0.05) is 6.07 Å². The van der Waals surface area contributed by atoms with Gasteiger partial charge in [0.1, 0.15) is 48.8 Å². The zero-order chi connectivity index (χ0) is 26.6. The molecule has 10 atom stereocenters. The highest BCUT2D eigenvalue weighted by Crippen LogP contribution is 2.32. The summed E-state index contributed by atoms with van der Waals surface area (Å²) in [4.78, 5) is 11.3. The van der Waals surface area contributed by atoms with Crippen LogP contribution in [0.5, 0.6) is 11.5 Å². The summed E-state index contributed by atoms with van der Waals surface area (Å²) < 4.78 is 26.2. The molecule has 2 saturated heterocycles. The Kier molecular flexibility index (Phi) is 9.82. The number of aliphatic hydroxyl groups is 7. The van der Waals surface area contributed by atoms with E-state index in [1.165, 1.54) is 19.2 Å². The molecule has 0 bridgehead atoms. The van der Waals surface area contributed by atoms with Crippen LogP contribution in [0.3, 0.4) is 0 Å². The molecule has 3 rings (SSSR count). The Balaban J connectivity index is 1.63. The van der Waals surface area contributed by atoms with Crippen molar-refractivity contribution in [2.75, 3.05) is 20.3 Å². The van der Waals surface area contributed by atoms with Crippen molar-refractivity contribution < 1.29 is 69.3 Å². The van der Waals surface area contributed by atoms with E-state index >= 15 is 0 Å². The van der Waals surface area contributed by atoms with E-state index in [1.807, 2.05) is 0 Å². The Morgan fingerprint density at radius 2 is 1.50 bits per heavy atom. The molecule has 204 valence electrons. The zero-order valence-corrected chi connectivity index (χ0v) is 19.4. The summed E-state index contributed by atoms with van der Waals surface area (Å²) in [6.07, 6.45) is -15.3. The lowest BCUT2D eigenvalue weighted by atomic mass is 9.98. The van der Waals surface area contributed by atoms with E-state index in [2.05, 4.69) is 4.74 Å². The Hall–Kier alpha value is -2.11. The maximum Gasteiger partial charge on any atom is 0.305 e. The highest BCUT2D eigenvalue weighted by atomic mass is 16.7. The van der Waals surface area contributed by atoms with Crippen LogP contribution in [0.2, 0.25) is 0 Å². The molecule has 14 heteroatoms. The molecule has 0 spiro atoms. The van der Waals surface area contributed by atoms with Crippen LogP contribution in [0.15, 0.2) is 18.2 Å². The zero-order valence-electron chi connectivity index (χ0n) is 19.4. The largest absolute Gasteiger partial charge is 0.504 e. The number of rotatable bonds is 9. The van der Waals surface area contributed by atoms with Crippen molar-refractivity contribution in [3.05, 3.63) is 23.8 Å². The van der Waals surface area contributed by atoms with Gasteiger partial charge in [-0.25, -0.2) is 0 Å². The van der Waals surface area contributed by atoms with Crippen LogP contribution in [-0.4, -0.2) is 129 Å². The van der Waals surface area contributed by atoms with E-state index in [4.69, 9.17) is 18.9 Å². The molecule has 36 heavy (non-hydrogen) atoms. The number of hydrogen-bond donors (Lipinski definition) is 8. The summed E-state index contributed by atoms with van der Waals surface area (Å²) in [7, 11) is 1.26. The summed E-state index contributed by atoms with van der Waals surface area (Å²) in [5, 5.41) is 80.2. The first-order valence-electron chi connectivity index (χ1n) is 11.2. The number of carbonyl (C=O) groups is 1. The minimum Gasteiger partial charge on any atom is -0.504 e. The number of benzene rings is 1. The first-order valence-corrected chi connectivity index (χ1v) is 11.2. The van der Waals surface area contributed by atoms with Crippen LogP contribution in [-0.2, 0) is 30.2 Å². The predicted molar refractivity (Wildman–Crippen MR) is 115 cm³/mol. The van der Waals surface area contributed by atoms with E-state index in [-0.39, 0.29) is 17.9 Å². The van der Waals surface area contributed by atoms with Crippen molar-refractivity contribution in [3.63, 3.8) is 0 Å². The number of aliphatic hydroxyl groups excluding tert-OH is 7. The fraction of sp³-hybridized carbons (Fsp3) is 0.682. The second-order valence-electron chi connectivity index (χ2n) is 8.54. The normalized spacial score (nSPS) is 36.9. The number of hydrogen-bond acceptors (Lipinski definition) is 14. The summed E-state index contributed by atoms with van der Waals surface area (Å²) in [6.45, 7) is -1.19. The lowest BCUT2D eigenvalue weighted by Crippen LogP contribution is -2.62. The first kappa shape index (κ1) is 28.5. The van der Waals surface area contributed by atoms with Gasteiger partial charge in [-0.3, -0.25) is 4.79 Å². The molecule has 2 heterocycles. The monoisotopic (exact) mass is 520 g/mol. The molecule has 2 aliphatic rings. The van der Waals surface area contributed by atoms with Crippen molar-refractivity contribution >= 4 is 5.97 Å². The number of phenolic OH excluding ortho intramolecular Hbond substituents is 1. The van der Waals surface area contributed by atoms with Gasteiger partial charge in [-0.05, 0) is 24.1 Å². The van der Waals surface area contributed by atoms with Gasteiger partial charge < -0.3 is 64.5 Å². The SMILES string of the molecule is COC(=O)CCc1ccc(O[C@@H]2O[C@H](CO[C@@H]3O[C@H](CO)[C@@H](O)[C@H](O)[C@H]3O)[C@@H](O)[C@H](O)[C@H]2O)c(O)c1. The summed E-state index contributed by atoms with van der Waals surface area (Å²) in [6, 6.07) is 4.28. The second kappa shape index (κ2) is 12.4. The van der Waals surface area contributed by atoms with Gasteiger partial charge in [-0.15, -0.1) is 0 Å². The van der Waals surface area contributed by atoms with Gasteiger partial charge in [0.2, 0.25) is 6.29 Å². The van der Waals surface area contributed by atoms with Gasteiger partial charge in [-0.2, -0.15) is 0 Å². The van der Waals surface area contributed by atoms with Crippen LogP contribution in [0.1, 0.15) is 12.0 Å². The summed E-state index contributed by atoms with van der Waals surface area (Å²) >= 11 is 0. The maximum atomic E-state index is 11.3. The lowest BCUT2D eigenvalue weighted by molar-refractivity contribution is -0.323. The molecule has 2 fully saturated rings. The number of ether oxygens (including phenoxy) is 5. The highest BCUT2D eigenvalue weighted by Gasteiger charge is 2.48. The fourth-order valence-electron chi connectivity index (χ4n) is 3.84. The number of phenols is 1. The van der Waals surface area contributed by atoms with Crippen LogP contribution >= 0.6 is 0 Å². The maximum absolute atomic E-state index is 11.3. The lowest BCUT2D eigenvalue weighted by Gasteiger charge is -2.42. The van der Waals surface area contributed by atoms with E-state index in [9.17, 15) is 45.6 Å². The molecular weight excluding hydrogens is 488 g/mol. The molecule has 1 aromatic carbocycles. The molecule has 14 nitrogen and oxygen atoms in total. The van der Waals surface area contributed by atoms with Gasteiger partial charge in [0.05, 0.1) is 20.3 Å². The van der Waals surface area contributed by atoms with E-state index < -0.39 is 80.6 Å². The highest BCUT2D eigenvalue weighted by molar-refractivity contribution is 5.69. The molecule has 0 unspecified atom stereocenters. The van der Waals surface area contributed by atoms with Crippen LogP contribution in [0, 0.1) is 0 Å². The first-order chi connectivity index (χ1) is 17.1. The second-order valence-corrected chi connectivity index (χ2v) is 8.54. The van der Waals surface area contributed by atoms with Gasteiger partial charge in [0.15, 0.2) is 17.8 Å². The topological polar surface area (TPSA) is 225 Å². The standard InChI is InChI=1S/C22H32O14/c1-32-14(25)5-3-9-2-4-11(10(24)6-9)34-22-20(31)18(29)16(27)13(36-22)8-33-21-19(30)17(28)15(26)12(7-23)35-21/h2,4,6,12-13,15-24,26-31H,3,5,7-8H2,1H3/t12-,13-,15-,16-,17+,18+,19-,20-,21-,22-/m1/s1. The van der Waals surface area contributed by atoms with Crippen LogP contribution < -0.4 is 4.74 Å². The third-order valence-electron chi connectivity index (χ3n) is 6.05. The molecule has 0 saturated carbocycles. The van der Waals surface area contributed by atoms with E-state index in [0.717, 1.165) is 0 Å². The van der Waals surface area contributed by atoms with Crippen molar-refractivity contribution in [3.8, 4) is 11.5 Å². The molecule has 0 aliphatic carbocycles. The number of esters is 1. The number of carbonyl (C=O) groups excluding carboxylic acids is 1. The minimum absolute atomic E-state index is 0.0980. The average molecular weight is 520 g/mol. The molecule has 0 radical (unpaired) electrons. The van der Waals surface area contributed by atoms with Crippen molar-refractivity contribution in [1.82, 2.24) is 0 Å². The van der Waals surface area contributed by atoms with Crippen molar-refractivity contribution in [2.24, 2.45) is 0 Å². The molecular formula is C22H32O14. The summed E-state index contributed by atoms with van der Waals surface area (Å²) in [5.74, 6) is -0.862. The van der Waals surface area contributed by atoms with Gasteiger partial charge in [0.25, 0.3) is 0 Å². The molecule has 2 aliphatic heterocycles. The van der Waals surface area contributed by atoms with Crippen molar-refractivity contribution in [1.29, 1.82) is 0 Å². The average Bonchev–Trinajstić information content (AvgIpc) is 2.87. The van der Waals surface area contributed by atoms with Crippen LogP contribution in [0.25, 0.3) is 0 Å². The summed E-state index contributed by atoms with van der Waals surface area (Å²) in [5.41, 5.74) is 0.608. The Morgan fingerprint density at radius 3 is 2.11 bits per heavy atom. The molecule has 0 aromatic heterocycles. The molecule has 1 aromatic rings. The Morgan fingerprint density at radius 1 is 0.889 bits per heavy atom. The Labute approximate surface area is 205 Å². The molecule has 8 N–H and O–H groups in total. The van der Waals surface area contributed by atoms with E-state index in [1.54, 1.807) is 6.07 Å².